The summed E-state index contributed by atoms with van der Waals surface area (Å²) in [5.41, 5.74) is 0.808. The van der Waals surface area contributed by atoms with Gasteiger partial charge in [0.05, 0.1) is 8.45 Å². The van der Waals surface area contributed by atoms with Crippen LogP contribution in [0.5, 0.6) is 0 Å². The van der Waals surface area contributed by atoms with Crippen LogP contribution in [-0.4, -0.2) is 29.2 Å². The molecule has 0 saturated heterocycles. The standard InChI is InChI=1S/C9H11BrINOS/c1-2-12(4-3-10)9(13)7-5-8(11)14-6-7/h5-6H,2-4H2,1H3. The average Bonchev–Trinajstić information content (AvgIpc) is 2.60. The minimum atomic E-state index is 0.131. The third kappa shape index (κ3) is 3.20. The van der Waals surface area contributed by atoms with Crippen LogP contribution in [0.15, 0.2) is 11.4 Å². The zero-order valence-electron chi connectivity index (χ0n) is 7.80. The lowest BCUT2D eigenvalue weighted by Gasteiger charge is -2.18. The molecule has 1 heterocycles. The molecule has 0 atom stereocenters. The third-order valence-electron chi connectivity index (χ3n) is 1.84. The molecule has 0 saturated carbocycles. The van der Waals surface area contributed by atoms with Gasteiger partial charge >= 0.3 is 0 Å². The number of thiophene rings is 1. The van der Waals surface area contributed by atoms with Crippen LogP contribution in [0.2, 0.25) is 0 Å². The van der Waals surface area contributed by atoms with Crippen molar-refractivity contribution in [1.29, 1.82) is 0 Å². The van der Waals surface area contributed by atoms with Gasteiger partial charge in [-0.15, -0.1) is 11.3 Å². The lowest BCUT2D eigenvalue weighted by Crippen LogP contribution is -2.32. The maximum atomic E-state index is 11.9. The molecule has 0 spiro atoms. The second kappa shape index (κ2) is 6.07. The van der Waals surface area contributed by atoms with E-state index in [0.717, 1.165) is 26.9 Å². The van der Waals surface area contributed by atoms with E-state index in [4.69, 9.17) is 0 Å². The quantitative estimate of drug-likeness (QED) is 0.573. The first-order valence-electron chi connectivity index (χ1n) is 4.28. The highest BCUT2D eigenvalue weighted by atomic mass is 127. The van der Waals surface area contributed by atoms with Gasteiger partial charge in [0.15, 0.2) is 0 Å². The molecule has 5 heteroatoms. The first-order valence-corrected chi connectivity index (χ1v) is 7.36. The molecular formula is C9H11BrINOS. The van der Waals surface area contributed by atoms with E-state index in [1.807, 2.05) is 23.3 Å². The van der Waals surface area contributed by atoms with Gasteiger partial charge in [-0.05, 0) is 35.6 Å². The molecular weight excluding hydrogens is 377 g/mol. The lowest BCUT2D eigenvalue weighted by molar-refractivity contribution is 0.0775. The monoisotopic (exact) mass is 387 g/mol. The van der Waals surface area contributed by atoms with Crippen LogP contribution in [0.1, 0.15) is 17.3 Å². The molecule has 0 aromatic carbocycles. The normalized spacial score (nSPS) is 10.2. The topological polar surface area (TPSA) is 20.3 Å². The minimum Gasteiger partial charge on any atom is -0.338 e. The number of amides is 1. The van der Waals surface area contributed by atoms with Gasteiger partial charge in [-0.25, -0.2) is 0 Å². The first-order chi connectivity index (χ1) is 6.69. The Labute approximate surface area is 110 Å². The van der Waals surface area contributed by atoms with E-state index >= 15 is 0 Å². The summed E-state index contributed by atoms with van der Waals surface area (Å²) in [5, 5.41) is 2.74. The van der Waals surface area contributed by atoms with E-state index in [1.54, 1.807) is 11.3 Å². The van der Waals surface area contributed by atoms with Gasteiger partial charge in [0.2, 0.25) is 0 Å². The summed E-state index contributed by atoms with van der Waals surface area (Å²) in [6.07, 6.45) is 0. The number of rotatable bonds is 4. The largest absolute Gasteiger partial charge is 0.338 e. The Morgan fingerprint density at radius 1 is 1.71 bits per heavy atom. The fourth-order valence-electron chi connectivity index (χ4n) is 1.11. The Balaban J connectivity index is 2.72. The van der Waals surface area contributed by atoms with Crippen LogP contribution in [0.4, 0.5) is 0 Å². The molecule has 14 heavy (non-hydrogen) atoms. The van der Waals surface area contributed by atoms with Crippen molar-refractivity contribution in [3.63, 3.8) is 0 Å². The predicted molar refractivity (Wildman–Crippen MR) is 72.4 cm³/mol. The highest BCUT2D eigenvalue weighted by Crippen LogP contribution is 2.18. The summed E-state index contributed by atoms with van der Waals surface area (Å²) in [6.45, 7) is 3.52. The van der Waals surface area contributed by atoms with E-state index in [9.17, 15) is 4.79 Å². The van der Waals surface area contributed by atoms with Gasteiger partial charge in [-0.1, -0.05) is 15.9 Å². The molecule has 0 fully saturated rings. The van der Waals surface area contributed by atoms with Gasteiger partial charge in [-0.2, -0.15) is 0 Å². The van der Waals surface area contributed by atoms with Crippen LogP contribution in [0.3, 0.4) is 0 Å². The van der Waals surface area contributed by atoms with E-state index in [1.165, 1.54) is 0 Å². The Hall–Kier alpha value is 0.380. The Bertz CT molecular complexity index is 316. The number of carbonyl (C=O) groups excluding carboxylic acids is 1. The van der Waals surface area contributed by atoms with Crippen molar-refractivity contribution in [3.8, 4) is 0 Å². The fourth-order valence-corrected chi connectivity index (χ4v) is 2.86. The summed E-state index contributed by atoms with van der Waals surface area (Å²) in [7, 11) is 0. The smallest absolute Gasteiger partial charge is 0.254 e. The third-order valence-corrected chi connectivity index (χ3v) is 3.98. The van der Waals surface area contributed by atoms with Gasteiger partial charge in [0.1, 0.15) is 0 Å². The van der Waals surface area contributed by atoms with Crippen LogP contribution in [0, 0.1) is 2.88 Å². The van der Waals surface area contributed by atoms with Crippen molar-refractivity contribution < 1.29 is 4.79 Å². The summed E-state index contributed by atoms with van der Waals surface area (Å²) in [4.78, 5) is 13.7. The van der Waals surface area contributed by atoms with Crippen LogP contribution >= 0.6 is 49.9 Å². The molecule has 2 nitrogen and oxygen atoms in total. The lowest BCUT2D eigenvalue weighted by atomic mass is 10.3. The van der Waals surface area contributed by atoms with Crippen molar-refractivity contribution >= 4 is 55.8 Å². The summed E-state index contributed by atoms with van der Waals surface area (Å²) < 4.78 is 1.15. The number of halogens is 2. The average molecular weight is 388 g/mol. The zero-order valence-corrected chi connectivity index (χ0v) is 12.4. The second-order valence-electron chi connectivity index (χ2n) is 2.71. The SMILES string of the molecule is CCN(CCBr)C(=O)c1csc(I)c1. The molecule has 0 radical (unpaired) electrons. The van der Waals surface area contributed by atoms with Gasteiger partial charge < -0.3 is 4.90 Å². The minimum absolute atomic E-state index is 0.131. The Morgan fingerprint density at radius 2 is 2.43 bits per heavy atom. The molecule has 0 unspecified atom stereocenters. The van der Waals surface area contributed by atoms with E-state index in [2.05, 4.69) is 38.5 Å². The summed E-state index contributed by atoms with van der Waals surface area (Å²) in [6, 6.07) is 1.93. The fraction of sp³-hybridized carbons (Fsp3) is 0.444. The van der Waals surface area contributed by atoms with Gasteiger partial charge in [0.25, 0.3) is 5.91 Å². The highest BCUT2D eigenvalue weighted by Gasteiger charge is 2.14. The van der Waals surface area contributed by atoms with Crippen molar-refractivity contribution in [2.75, 3.05) is 18.4 Å². The second-order valence-corrected chi connectivity index (χ2v) is 6.31. The van der Waals surface area contributed by atoms with Gasteiger partial charge in [-0.3, -0.25) is 4.79 Å². The molecule has 78 valence electrons. The van der Waals surface area contributed by atoms with E-state index in [-0.39, 0.29) is 5.91 Å². The number of alkyl halides is 1. The van der Waals surface area contributed by atoms with E-state index < -0.39 is 0 Å². The maximum absolute atomic E-state index is 11.9. The van der Waals surface area contributed by atoms with Crippen molar-refractivity contribution in [2.24, 2.45) is 0 Å². The molecule has 1 rings (SSSR count). The molecule has 1 amide bonds. The molecule has 1 aromatic rings. The number of nitrogens with zero attached hydrogens (tertiary/aromatic N) is 1. The summed E-state index contributed by atoms with van der Waals surface area (Å²) in [5.74, 6) is 0.131. The summed E-state index contributed by atoms with van der Waals surface area (Å²) >= 11 is 7.18. The molecule has 1 aromatic heterocycles. The van der Waals surface area contributed by atoms with Crippen molar-refractivity contribution in [1.82, 2.24) is 4.90 Å². The highest BCUT2D eigenvalue weighted by molar-refractivity contribution is 14.1. The Morgan fingerprint density at radius 3 is 2.86 bits per heavy atom. The van der Waals surface area contributed by atoms with Crippen LogP contribution in [-0.2, 0) is 0 Å². The predicted octanol–water partition coefficient (Wildman–Crippen LogP) is 3.21. The Kier molecular flexibility index (Phi) is 5.40. The molecule has 0 N–H and O–H groups in total. The number of carbonyl (C=O) groups is 1. The number of hydrogen-bond acceptors (Lipinski definition) is 2. The van der Waals surface area contributed by atoms with Crippen LogP contribution in [0.25, 0.3) is 0 Å². The van der Waals surface area contributed by atoms with Gasteiger partial charge in [0, 0.05) is 23.8 Å². The number of hydrogen-bond donors (Lipinski definition) is 0. The zero-order chi connectivity index (χ0) is 10.6. The molecule has 0 aliphatic heterocycles. The molecule has 0 aliphatic carbocycles. The molecule has 0 bridgehead atoms. The molecule has 0 aliphatic rings. The van der Waals surface area contributed by atoms with Crippen molar-refractivity contribution in [2.45, 2.75) is 6.92 Å². The van der Waals surface area contributed by atoms with E-state index in [0.29, 0.717) is 0 Å². The first kappa shape index (κ1) is 12.4. The maximum Gasteiger partial charge on any atom is 0.254 e. The van der Waals surface area contributed by atoms with Crippen LogP contribution < -0.4 is 0 Å². The van der Waals surface area contributed by atoms with Crippen molar-refractivity contribution in [3.05, 3.63) is 19.9 Å².